The predicted molar refractivity (Wildman–Crippen MR) is 100 cm³/mol. The van der Waals surface area contributed by atoms with Crippen LogP contribution in [-0.2, 0) is 6.54 Å². The average molecular weight is 405 g/mol. The minimum absolute atomic E-state index is 0.0818. The van der Waals surface area contributed by atoms with Gasteiger partial charge in [0.1, 0.15) is 11.9 Å². The lowest BCUT2D eigenvalue weighted by molar-refractivity contribution is 0.0950. The first-order valence-electron chi connectivity index (χ1n) is 8.25. The number of fused-ring (bicyclic) bond motifs is 1. The SMILES string of the molecule is Cc1cc(C)c(CNC(=O)c2cc(Br)c3c(c2)C(C)C(C)O3)c(=O)[nH]1. The average Bonchev–Trinajstić information content (AvgIpc) is 2.82. The van der Waals surface area contributed by atoms with E-state index in [9.17, 15) is 9.59 Å². The van der Waals surface area contributed by atoms with Gasteiger partial charge in [0, 0.05) is 34.8 Å². The zero-order valence-corrected chi connectivity index (χ0v) is 16.3. The van der Waals surface area contributed by atoms with Crippen molar-refractivity contribution in [3.8, 4) is 5.75 Å². The van der Waals surface area contributed by atoms with Gasteiger partial charge in [-0.15, -0.1) is 0 Å². The molecule has 25 heavy (non-hydrogen) atoms. The van der Waals surface area contributed by atoms with Crippen LogP contribution in [0.5, 0.6) is 5.75 Å². The zero-order chi connectivity index (χ0) is 18.3. The summed E-state index contributed by atoms with van der Waals surface area (Å²) >= 11 is 3.49. The molecule has 1 aromatic heterocycles. The van der Waals surface area contributed by atoms with Crippen molar-refractivity contribution in [3.63, 3.8) is 0 Å². The van der Waals surface area contributed by atoms with Crippen LogP contribution in [0.4, 0.5) is 0 Å². The first-order chi connectivity index (χ1) is 11.8. The van der Waals surface area contributed by atoms with Crippen LogP contribution in [0.15, 0.2) is 27.5 Å². The van der Waals surface area contributed by atoms with Crippen LogP contribution >= 0.6 is 15.9 Å². The highest BCUT2D eigenvalue weighted by molar-refractivity contribution is 9.10. The molecule has 132 valence electrons. The lowest BCUT2D eigenvalue weighted by atomic mass is 9.96. The highest BCUT2D eigenvalue weighted by Crippen LogP contribution is 2.43. The normalized spacial score (nSPS) is 18.6. The summed E-state index contributed by atoms with van der Waals surface area (Å²) in [7, 11) is 0. The molecule has 0 saturated heterocycles. The molecule has 5 nitrogen and oxygen atoms in total. The number of ether oxygens (including phenoxy) is 1. The fourth-order valence-corrected chi connectivity index (χ4v) is 3.69. The van der Waals surface area contributed by atoms with Crippen LogP contribution < -0.4 is 15.6 Å². The second-order valence-corrected chi connectivity index (χ2v) is 7.47. The number of carbonyl (C=O) groups excluding carboxylic acids is 1. The molecule has 1 aliphatic rings. The minimum atomic E-state index is -0.213. The van der Waals surface area contributed by atoms with Crippen molar-refractivity contribution in [2.75, 3.05) is 0 Å². The Bertz CT molecular complexity index is 904. The molecule has 2 atom stereocenters. The van der Waals surface area contributed by atoms with Gasteiger partial charge in [0.05, 0.1) is 4.47 Å². The van der Waals surface area contributed by atoms with Gasteiger partial charge in [0.2, 0.25) is 0 Å². The molecule has 1 amide bonds. The van der Waals surface area contributed by atoms with E-state index in [1.165, 1.54) is 0 Å². The number of aromatic nitrogens is 1. The topological polar surface area (TPSA) is 71.2 Å². The van der Waals surface area contributed by atoms with E-state index in [2.05, 4.69) is 33.2 Å². The Morgan fingerprint density at radius 3 is 2.68 bits per heavy atom. The minimum Gasteiger partial charge on any atom is -0.489 e. The quantitative estimate of drug-likeness (QED) is 0.820. The maximum Gasteiger partial charge on any atom is 0.253 e. The number of aryl methyl sites for hydroxylation is 2. The molecular weight excluding hydrogens is 384 g/mol. The monoisotopic (exact) mass is 404 g/mol. The number of pyridine rings is 1. The van der Waals surface area contributed by atoms with E-state index in [1.54, 1.807) is 6.07 Å². The lowest BCUT2D eigenvalue weighted by Gasteiger charge is -2.10. The molecule has 2 aromatic rings. The number of rotatable bonds is 3. The molecular formula is C19H21BrN2O3. The van der Waals surface area contributed by atoms with Crippen molar-refractivity contribution >= 4 is 21.8 Å². The second-order valence-electron chi connectivity index (χ2n) is 6.61. The Labute approximate surface area is 154 Å². The van der Waals surface area contributed by atoms with Gasteiger partial charge >= 0.3 is 0 Å². The number of benzene rings is 1. The van der Waals surface area contributed by atoms with Crippen LogP contribution in [0.25, 0.3) is 0 Å². The summed E-state index contributed by atoms with van der Waals surface area (Å²) in [6.45, 7) is 8.00. The third-order valence-electron chi connectivity index (χ3n) is 4.75. The van der Waals surface area contributed by atoms with Crippen LogP contribution in [0, 0.1) is 13.8 Å². The summed E-state index contributed by atoms with van der Waals surface area (Å²) in [6, 6.07) is 5.52. The Hall–Kier alpha value is -2.08. The molecule has 0 radical (unpaired) electrons. The highest BCUT2D eigenvalue weighted by Gasteiger charge is 2.30. The van der Waals surface area contributed by atoms with Crippen molar-refractivity contribution in [2.45, 2.75) is 46.3 Å². The Kier molecular flexibility index (Phi) is 4.73. The van der Waals surface area contributed by atoms with E-state index in [4.69, 9.17) is 4.74 Å². The lowest BCUT2D eigenvalue weighted by Crippen LogP contribution is -2.28. The standard InChI is InChI=1S/C19H21BrN2O3/c1-9-5-10(2)22-19(24)15(9)8-21-18(23)13-6-14-11(3)12(4)25-17(14)16(20)7-13/h5-7,11-12H,8H2,1-4H3,(H,21,23)(H,22,24). The van der Waals surface area contributed by atoms with Gasteiger partial charge in [0.15, 0.2) is 0 Å². The highest BCUT2D eigenvalue weighted by atomic mass is 79.9. The summed E-state index contributed by atoms with van der Waals surface area (Å²) < 4.78 is 6.61. The van der Waals surface area contributed by atoms with Crippen molar-refractivity contribution in [1.29, 1.82) is 0 Å². The number of halogens is 1. The summed E-state index contributed by atoms with van der Waals surface area (Å²) in [4.78, 5) is 27.4. The van der Waals surface area contributed by atoms with E-state index < -0.39 is 0 Å². The van der Waals surface area contributed by atoms with Crippen molar-refractivity contribution < 1.29 is 9.53 Å². The maximum absolute atomic E-state index is 12.6. The van der Waals surface area contributed by atoms with Gasteiger partial charge < -0.3 is 15.0 Å². The Balaban J connectivity index is 1.82. The fraction of sp³-hybridized carbons (Fsp3) is 0.368. The van der Waals surface area contributed by atoms with Gasteiger partial charge in [0.25, 0.3) is 11.5 Å². The van der Waals surface area contributed by atoms with Gasteiger partial charge in [-0.25, -0.2) is 0 Å². The molecule has 0 saturated carbocycles. The molecule has 6 heteroatoms. The van der Waals surface area contributed by atoms with E-state index >= 15 is 0 Å². The molecule has 2 N–H and O–H groups in total. The van der Waals surface area contributed by atoms with Crippen molar-refractivity contribution in [2.24, 2.45) is 0 Å². The number of carbonyl (C=O) groups is 1. The first kappa shape index (κ1) is 17.7. The molecule has 0 spiro atoms. The predicted octanol–water partition coefficient (Wildman–Crippen LogP) is 3.57. The summed E-state index contributed by atoms with van der Waals surface area (Å²) in [5.74, 6) is 0.818. The fourth-order valence-electron chi connectivity index (χ4n) is 3.12. The van der Waals surface area contributed by atoms with Crippen LogP contribution in [0.2, 0.25) is 0 Å². The summed E-state index contributed by atoms with van der Waals surface area (Å²) in [6.07, 6.45) is 0.0818. The second kappa shape index (κ2) is 6.67. The Morgan fingerprint density at radius 2 is 2.00 bits per heavy atom. The molecule has 1 aromatic carbocycles. The molecule has 0 bridgehead atoms. The molecule has 1 aliphatic heterocycles. The number of amides is 1. The number of aromatic amines is 1. The molecule has 2 heterocycles. The van der Waals surface area contributed by atoms with E-state index in [-0.39, 0.29) is 30.0 Å². The number of hydrogen-bond acceptors (Lipinski definition) is 3. The molecule has 0 fully saturated rings. The van der Waals surface area contributed by atoms with Crippen LogP contribution in [0.3, 0.4) is 0 Å². The first-order valence-corrected chi connectivity index (χ1v) is 9.05. The Morgan fingerprint density at radius 1 is 1.28 bits per heavy atom. The van der Waals surface area contributed by atoms with Gasteiger partial charge in [-0.3, -0.25) is 9.59 Å². The smallest absolute Gasteiger partial charge is 0.253 e. The van der Waals surface area contributed by atoms with E-state index in [1.807, 2.05) is 32.9 Å². The van der Waals surface area contributed by atoms with Gasteiger partial charge in [-0.2, -0.15) is 0 Å². The van der Waals surface area contributed by atoms with E-state index in [0.717, 1.165) is 27.0 Å². The van der Waals surface area contributed by atoms with Crippen molar-refractivity contribution in [3.05, 3.63) is 61.0 Å². The van der Waals surface area contributed by atoms with Gasteiger partial charge in [-0.05, 0) is 60.5 Å². The molecule has 2 unspecified atom stereocenters. The summed E-state index contributed by atoms with van der Waals surface area (Å²) in [5, 5.41) is 2.84. The number of H-pyrrole nitrogens is 1. The third kappa shape index (κ3) is 3.35. The third-order valence-corrected chi connectivity index (χ3v) is 5.34. The largest absolute Gasteiger partial charge is 0.489 e. The van der Waals surface area contributed by atoms with Crippen molar-refractivity contribution in [1.82, 2.24) is 10.3 Å². The molecule has 0 aliphatic carbocycles. The maximum atomic E-state index is 12.6. The number of nitrogens with one attached hydrogen (secondary N) is 2. The number of hydrogen-bond donors (Lipinski definition) is 2. The van der Waals surface area contributed by atoms with Crippen LogP contribution in [0.1, 0.15) is 52.5 Å². The van der Waals surface area contributed by atoms with Crippen LogP contribution in [-0.4, -0.2) is 17.0 Å². The van der Waals surface area contributed by atoms with Gasteiger partial charge in [-0.1, -0.05) is 6.92 Å². The van der Waals surface area contributed by atoms with E-state index in [0.29, 0.717) is 11.1 Å². The molecule has 3 rings (SSSR count). The zero-order valence-electron chi connectivity index (χ0n) is 14.7. The summed E-state index contributed by atoms with van der Waals surface area (Å²) in [5.41, 5.74) is 3.66.